The molecule has 1 fully saturated rings. The van der Waals surface area contributed by atoms with E-state index in [0.29, 0.717) is 41.9 Å². The van der Waals surface area contributed by atoms with Gasteiger partial charge >= 0.3 is 0 Å². The summed E-state index contributed by atoms with van der Waals surface area (Å²) in [6.07, 6.45) is 5.13. The number of nitrogens with zero attached hydrogens (tertiary/aromatic N) is 1. The van der Waals surface area contributed by atoms with E-state index in [1.54, 1.807) is 24.3 Å². The van der Waals surface area contributed by atoms with Crippen molar-refractivity contribution in [3.8, 4) is 17.2 Å². The first-order valence-corrected chi connectivity index (χ1v) is 11.2. The summed E-state index contributed by atoms with van der Waals surface area (Å²) in [5, 5.41) is 3.50. The highest BCUT2D eigenvalue weighted by Crippen LogP contribution is 2.38. The number of ether oxygens (including phenoxy) is 3. The third-order valence-corrected chi connectivity index (χ3v) is 5.83. The normalized spacial score (nSPS) is 15.9. The molecule has 0 spiro atoms. The predicted molar refractivity (Wildman–Crippen MR) is 128 cm³/mol. The molecular formula is C26H33FN2O4. The smallest absolute Gasteiger partial charge is 0.254 e. The van der Waals surface area contributed by atoms with Gasteiger partial charge in [0.2, 0.25) is 5.75 Å². The molecule has 1 N–H and O–H groups in total. The maximum Gasteiger partial charge on any atom is 0.254 e. The van der Waals surface area contributed by atoms with Gasteiger partial charge in [0, 0.05) is 24.7 Å². The topological polar surface area (TPSA) is 60.0 Å². The molecule has 0 radical (unpaired) electrons. The third kappa shape index (κ3) is 6.48. The average Bonchev–Trinajstić information content (AvgIpc) is 3.35. The number of carbonyl (C=O) groups is 1. The minimum Gasteiger partial charge on any atom is -0.493 e. The highest BCUT2D eigenvalue weighted by Gasteiger charge is 2.23. The van der Waals surface area contributed by atoms with Crippen LogP contribution in [0.1, 0.15) is 42.1 Å². The van der Waals surface area contributed by atoms with Crippen LogP contribution in [0.3, 0.4) is 0 Å². The zero-order valence-corrected chi connectivity index (χ0v) is 19.8. The fourth-order valence-corrected chi connectivity index (χ4v) is 4.14. The molecule has 1 aliphatic heterocycles. The molecule has 0 aromatic heterocycles. The Morgan fingerprint density at radius 2 is 1.79 bits per heavy atom. The molecule has 1 amide bonds. The molecule has 2 aromatic carbocycles. The van der Waals surface area contributed by atoms with Crippen molar-refractivity contribution in [3.05, 3.63) is 58.9 Å². The number of halogens is 1. The van der Waals surface area contributed by atoms with Crippen molar-refractivity contribution in [2.45, 2.75) is 32.2 Å². The summed E-state index contributed by atoms with van der Waals surface area (Å²) in [5.41, 5.74) is 2.37. The maximum absolute atomic E-state index is 13.6. The fraction of sp³-hybridized carbons (Fsp3) is 0.423. The number of rotatable bonds is 10. The van der Waals surface area contributed by atoms with Gasteiger partial charge in [0.1, 0.15) is 5.82 Å². The van der Waals surface area contributed by atoms with Gasteiger partial charge in [-0.3, -0.25) is 4.79 Å². The van der Waals surface area contributed by atoms with Gasteiger partial charge in [-0.1, -0.05) is 23.8 Å². The summed E-state index contributed by atoms with van der Waals surface area (Å²) >= 11 is 0. The SMILES string of the molecule is COc1cc(C(=O)N(CCC2CCCN2)C/C(C)=C/c2ccc(F)cc2)cc(OC)c1OC. The van der Waals surface area contributed by atoms with Crippen molar-refractivity contribution in [3.63, 3.8) is 0 Å². The largest absolute Gasteiger partial charge is 0.493 e. The summed E-state index contributed by atoms with van der Waals surface area (Å²) in [6.45, 7) is 4.07. The summed E-state index contributed by atoms with van der Waals surface area (Å²) in [6, 6.07) is 10.1. The molecule has 33 heavy (non-hydrogen) atoms. The molecule has 0 aliphatic carbocycles. The Kier molecular flexibility index (Phi) is 8.72. The Bertz CT molecular complexity index is 944. The standard InChI is InChI=1S/C26H33FN2O4/c1-18(14-19-7-9-21(27)10-8-19)17-29(13-11-22-6-5-12-28-22)26(30)20-15-23(31-2)25(33-4)24(16-20)32-3/h7-10,14-16,22,28H,5-6,11-13,17H2,1-4H3/b18-14+. The molecule has 6 nitrogen and oxygen atoms in total. The van der Waals surface area contributed by atoms with Crippen LogP contribution in [-0.4, -0.2) is 57.8 Å². The van der Waals surface area contributed by atoms with Crippen molar-refractivity contribution < 1.29 is 23.4 Å². The van der Waals surface area contributed by atoms with Crippen LogP contribution in [0, 0.1) is 5.82 Å². The van der Waals surface area contributed by atoms with Crippen molar-refractivity contribution in [2.75, 3.05) is 41.0 Å². The molecule has 7 heteroatoms. The van der Waals surface area contributed by atoms with E-state index in [1.165, 1.54) is 33.5 Å². The second-order valence-corrected chi connectivity index (χ2v) is 8.26. The second kappa shape index (κ2) is 11.7. The molecule has 0 saturated carbocycles. The number of methoxy groups -OCH3 is 3. The highest BCUT2D eigenvalue weighted by molar-refractivity contribution is 5.96. The van der Waals surface area contributed by atoms with Crippen molar-refractivity contribution in [1.29, 1.82) is 0 Å². The maximum atomic E-state index is 13.6. The minimum absolute atomic E-state index is 0.112. The van der Waals surface area contributed by atoms with Gasteiger partial charge in [-0.05, 0) is 62.6 Å². The van der Waals surface area contributed by atoms with E-state index in [4.69, 9.17) is 14.2 Å². The van der Waals surface area contributed by atoms with Gasteiger partial charge in [-0.25, -0.2) is 4.39 Å². The van der Waals surface area contributed by atoms with Gasteiger partial charge in [-0.2, -0.15) is 0 Å². The van der Waals surface area contributed by atoms with Crippen LogP contribution in [0.2, 0.25) is 0 Å². The third-order valence-electron chi connectivity index (χ3n) is 5.83. The molecule has 1 heterocycles. The average molecular weight is 457 g/mol. The van der Waals surface area contributed by atoms with Gasteiger partial charge in [0.25, 0.3) is 5.91 Å². The monoisotopic (exact) mass is 456 g/mol. The molecule has 1 aliphatic rings. The minimum atomic E-state index is -0.270. The van der Waals surface area contributed by atoms with E-state index in [-0.39, 0.29) is 11.7 Å². The van der Waals surface area contributed by atoms with E-state index < -0.39 is 0 Å². The first-order valence-electron chi connectivity index (χ1n) is 11.2. The number of amides is 1. The van der Waals surface area contributed by atoms with E-state index in [0.717, 1.165) is 36.9 Å². The lowest BCUT2D eigenvalue weighted by Crippen LogP contribution is -2.36. The number of hydrogen-bond donors (Lipinski definition) is 1. The molecule has 1 atom stereocenters. The van der Waals surface area contributed by atoms with E-state index in [9.17, 15) is 9.18 Å². The lowest BCUT2D eigenvalue weighted by Gasteiger charge is -2.25. The molecule has 178 valence electrons. The molecular weight excluding hydrogens is 423 g/mol. The number of carbonyl (C=O) groups excluding carboxylic acids is 1. The Morgan fingerprint density at radius 3 is 2.33 bits per heavy atom. The van der Waals surface area contributed by atoms with Gasteiger partial charge < -0.3 is 24.4 Å². The Balaban J connectivity index is 1.86. The Labute approximate surface area is 195 Å². The molecule has 0 bridgehead atoms. The lowest BCUT2D eigenvalue weighted by atomic mass is 10.1. The van der Waals surface area contributed by atoms with Crippen molar-refractivity contribution in [2.24, 2.45) is 0 Å². The molecule has 2 aromatic rings. The number of hydrogen-bond acceptors (Lipinski definition) is 5. The van der Waals surface area contributed by atoms with Crippen LogP contribution in [0.15, 0.2) is 42.0 Å². The van der Waals surface area contributed by atoms with E-state index in [1.807, 2.05) is 17.9 Å². The lowest BCUT2D eigenvalue weighted by molar-refractivity contribution is 0.0764. The summed E-state index contributed by atoms with van der Waals surface area (Å²) in [7, 11) is 4.60. The highest BCUT2D eigenvalue weighted by atomic mass is 19.1. The van der Waals surface area contributed by atoms with Crippen molar-refractivity contribution >= 4 is 12.0 Å². The molecule has 1 saturated heterocycles. The fourth-order valence-electron chi connectivity index (χ4n) is 4.14. The van der Waals surface area contributed by atoms with Crippen LogP contribution in [0.4, 0.5) is 4.39 Å². The van der Waals surface area contributed by atoms with Crippen LogP contribution < -0.4 is 19.5 Å². The summed E-state index contributed by atoms with van der Waals surface area (Å²) < 4.78 is 29.5. The molecule has 3 rings (SSSR count). The first kappa shape index (κ1) is 24.6. The Hall–Kier alpha value is -3.06. The summed E-state index contributed by atoms with van der Waals surface area (Å²) in [5.74, 6) is 0.949. The van der Waals surface area contributed by atoms with Crippen LogP contribution in [0.5, 0.6) is 17.2 Å². The quantitative estimate of drug-likeness (QED) is 0.569. The second-order valence-electron chi connectivity index (χ2n) is 8.26. The number of benzene rings is 2. The summed E-state index contributed by atoms with van der Waals surface area (Å²) in [4.78, 5) is 15.4. The van der Waals surface area contributed by atoms with E-state index in [2.05, 4.69) is 5.32 Å². The molecule has 1 unspecified atom stereocenters. The van der Waals surface area contributed by atoms with Crippen LogP contribution >= 0.6 is 0 Å². The zero-order chi connectivity index (χ0) is 23.8. The van der Waals surface area contributed by atoms with Crippen LogP contribution in [-0.2, 0) is 0 Å². The Morgan fingerprint density at radius 1 is 1.12 bits per heavy atom. The first-order chi connectivity index (χ1) is 15.9. The van der Waals surface area contributed by atoms with Gasteiger partial charge in [0.05, 0.1) is 21.3 Å². The van der Waals surface area contributed by atoms with E-state index >= 15 is 0 Å². The van der Waals surface area contributed by atoms with Crippen molar-refractivity contribution in [1.82, 2.24) is 10.2 Å². The van der Waals surface area contributed by atoms with Gasteiger partial charge in [0.15, 0.2) is 11.5 Å². The number of nitrogens with one attached hydrogen (secondary N) is 1. The van der Waals surface area contributed by atoms with Gasteiger partial charge in [-0.15, -0.1) is 0 Å². The van der Waals surface area contributed by atoms with Crippen LogP contribution in [0.25, 0.3) is 6.08 Å². The zero-order valence-electron chi connectivity index (χ0n) is 19.8. The predicted octanol–water partition coefficient (Wildman–Crippen LogP) is 4.54.